The maximum atomic E-state index is 9.18. The van der Waals surface area contributed by atoms with Gasteiger partial charge in [-0.25, -0.2) is 0 Å². The van der Waals surface area contributed by atoms with Crippen LogP contribution in [0.25, 0.3) is 0 Å². The molecule has 2 saturated carbocycles. The molecule has 0 radical (unpaired) electrons. The van der Waals surface area contributed by atoms with Crippen molar-refractivity contribution in [3.8, 4) is 6.07 Å². The summed E-state index contributed by atoms with van der Waals surface area (Å²) in [6, 6.07) is 3.13. The number of nitriles is 1. The molecule has 3 heteroatoms. The van der Waals surface area contributed by atoms with E-state index in [9.17, 15) is 5.26 Å². The van der Waals surface area contributed by atoms with Crippen LogP contribution in [-0.2, 0) is 0 Å². The van der Waals surface area contributed by atoms with Crippen LogP contribution < -0.4 is 5.73 Å². The SMILES string of the molecule is CN(CCC1CCCC1(N)C#N)C1CCCC1. The highest BCUT2D eigenvalue weighted by Crippen LogP contribution is 2.36. The summed E-state index contributed by atoms with van der Waals surface area (Å²) in [4.78, 5) is 2.49. The molecule has 0 bridgehead atoms. The van der Waals surface area contributed by atoms with Gasteiger partial charge >= 0.3 is 0 Å². The highest BCUT2D eigenvalue weighted by molar-refractivity contribution is 5.11. The van der Waals surface area contributed by atoms with Crippen LogP contribution in [0.2, 0.25) is 0 Å². The summed E-state index contributed by atoms with van der Waals surface area (Å²) in [5.41, 5.74) is 5.63. The highest BCUT2D eigenvalue weighted by Gasteiger charge is 2.39. The Hall–Kier alpha value is -0.590. The first kappa shape index (κ1) is 12.9. The predicted molar refractivity (Wildman–Crippen MR) is 69.4 cm³/mol. The maximum Gasteiger partial charge on any atom is 0.107 e. The quantitative estimate of drug-likeness (QED) is 0.813. The molecule has 96 valence electrons. The second kappa shape index (κ2) is 5.37. The third-order valence-corrected chi connectivity index (χ3v) is 4.86. The van der Waals surface area contributed by atoms with E-state index < -0.39 is 5.54 Å². The van der Waals surface area contributed by atoms with E-state index in [1.165, 1.54) is 25.7 Å². The fraction of sp³-hybridized carbons (Fsp3) is 0.929. The molecular weight excluding hydrogens is 210 g/mol. The van der Waals surface area contributed by atoms with Gasteiger partial charge in [-0.05, 0) is 51.6 Å². The largest absolute Gasteiger partial charge is 0.313 e. The van der Waals surface area contributed by atoms with Crippen molar-refractivity contribution >= 4 is 0 Å². The second-order valence-electron chi connectivity index (χ2n) is 5.95. The standard InChI is InChI=1S/C14H25N3/c1-17(13-6-2-3-7-13)10-8-12-5-4-9-14(12,16)11-15/h12-13H,2-10,16H2,1H3. The fourth-order valence-corrected chi connectivity index (χ4v) is 3.54. The smallest absolute Gasteiger partial charge is 0.107 e. The molecule has 2 aliphatic carbocycles. The van der Waals surface area contributed by atoms with Gasteiger partial charge in [0.2, 0.25) is 0 Å². The Bertz CT molecular complexity index is 290. The van der Waals surface area contributed by atoms with E-state index >= 15 is 0 Å². The zero-order valence-electron chi connectivity index (χ0n) is 11.0. The van der Waals surface area contributed by atoms with E-state index in [1.807, 2.05) is 0 Å². The van der Waals surface area contributed by atoms with Gasteiger partial charge in [-0.15, -0.1) is 0 Å². The molecule has 17 heavy (non-hydrogen) atoms. The summed E-state index contributed by atoms with van der Waals surface area (Å²) >= 11 is 0. The first-order chi connectivity index (χ1) is 8.15. The first-order valence-electron chi connectivity index (χ1n) is 7.06. The predicted octanol–water partition coefficient (Wildman–Crippen LogP) is 2.27. The molecule has 0 aromatic carbocycles. The minimum atomic E-state index is -0.531. The van der Waals surface area contributed by atoms with Crippen LogP contribution in [0, 0.1) is 17.2 Å². The summed E-state index contributed by atoms with van der Waals surface area (Å²) in [7, 11) is 2.23. The van der Waals surface area contributed by atoms with Crippen molar-refractivity contribution in [2.75, 3.05) is 13.6 Å². The van der Waals surface area contributed by atoms with Gasteiger partial charge in [0, 0.05) is 6.04 Å². The van der Waals surface area contributed by atoms with E-state index in [0.29, 0.717) is 5.92 Å². The number of nitrogens with two attached hydrogens (primary N) is 1. The van der Waals surface area contributed by atoms with Gasteiger partial charge in [0.1, 0.15) is 5.54 Å². The van der Waals surface area contributed by atoms with Crippen LogP contribution in [0.5, 0.6) is 0 Å². The molecular formula is C14H25N3. The van der Waals surface area contributed by atoms with Crippen LogP contribution in [0.4, 0.5) is 0 Å². The minimum absolute atomic E-state index is 0.413. The molecule has 0 spiro atoms. The molecule has 0 aliphatic heterocycles. The fourth-order valence-electron chi connectivity index (χ4n) is 3.54. The van der Waals surface area contributed by atoms with Crippen molar-refractivity contribution in [1.82, 2.24) is 4.90 Å². The molecule has 3 nitrogen and oxygen atoms in total. The molecule has 0 heterocycles. The summed E-state index contributed by atoms with van der Waals surface area (Å²) in [6.45, 7) is 1.11. The lowest BCUT2D eigenvalue weighted by Gasteiger charge is -2.29. The Kier molecular flexibility index (Phi) is 4.06. The first-order valence-corrected chi connectivity index (χ1v) is 7.06. The van der Waals surface area contributed by atoms with Gasteiger partial charge in [-0.2, -0.15) is 5.26 Å². The molecule has 0 amide bonds. The maximum absolute atomic E-state index is 9.18. The Morgan fingerprint density at radius 2 is 2.00 bits per heavy atom. The molecule has 0 aromatic heterocycles. The molecule has 2 rings (SSSR count). The van der Waals surface area contributed by atoms with Gasteiger partial charge in [0.25, 0.3) is 0 Å². The Morgan fingerprint density at radius 1 is 1.29 bits per heavy atom. The van der Waals surface area contributed by atoms with Gasteiger partial charge < -0.3 is 10.6 Å². The third-order valence-electron chi connectivity index (χ3n) is 4.86. The van der Waals surface area contributed by atoms with Crippen molar-refractivity contribution in [2.45, 2.75) is 62.9 Å². The second-order valence-corrected chi connectivity index (χ2v) is 5.95. The normalized spacial score (nSPS) is 34.4. The zero-order valence-corrected chi connectivity index (χ0v) is 11.0. The van der Waals surface area contributed by atoms with Crippen molar-refractivity contribution < 1.29 is 0 Å². The Morgan fingerprint density at radius 3 is 2.65 bits per heavy atom. The molecule has 0 aromatic rings. The monoisotopic (exact) mass is 235 g/mol. The van der Waals surface area contributed by atoms with Crippen LogP contribution in [-0.4, -0.2) is 30.1 Å². The van der Waals surface area contributed by atoms with Gasteiger partial charge in [-0.3, -0.25) is 0 Å². The summed E-state index contributed by atoms with van der Waals surface area (Å²) in [6.07, 6.45) is 9.73. The topological polar surface area (TPSA) is 53.0 Å². The minimum Gasteiger partial charge on any atom is -0.313 e. The summed E-state index contributed by atoms with van der Waals surface area (Å²) < 4.78 is 0. The van der Waals surface area contributed by atoms with Crippen molar-refractivity contribution in [3.63, 3.8) is 0 Å². The van der Waals surface area contributed by atoms with Gasteiger partial charge in [-0.1, -0.05) is 19.3 Å². The molecule has 2 N–H and O–H groups in total. The van der Waals surface area contributed by atoms with Crippen molar-refractivity contribution in [3.05, 3.63) is 0 Å². The molecule has 2 atom stereocenters. The van der Waals surface area contributed by atoms with Crippen LogP contribution >= 0.6 is 0 Å². The lowest BCUT2D eigenvalue weighted by atomic mass is 9.87. The Labute approximate surface area is 105 Å². The molecule has 2 unspecified atom stereocenters. The summed E-state index contributed by atoms with van der Waals surface area (Å²) in [5, 5.41) is 9.18. The van der Waals surface area contributed by atoms with E-state index in [1.54, 1.807) is 0 Å². The number of hydrogen-bond acceptors (Lipinski definition) is 3. The van der Waals surface area contributed by atoms with E-state index in [4.69, 9.17) is 5.73 Å². The lowest BCUT2D eigenvalue weighted by molar-refractivity contribution is 0.216. The van der Waals surface area contributed by atoms with E-state index in [-0.39, 0.29) is 0 Å². The number of rotatable bonds is 4. The van der Waals surface area contributed by atoms with E-state index in [0.717, 1.165) is 38.3 Å². The number of hydrogen-bond donors (Lipinski definition) is 1. The molecule has 0 saturated heterocycles. The lowest BCUT2D eigenvalue weighted by Crippen LogP contribution is -2.43. The third kappa shape index (κ3) is 2.81. The zero-order chi connectivity index (χ0) is 12.3. The van der Waals surface area contributed by atoms with Crippen LogP contribution in [0.15, 0.2) is 0 Å². The van der Waals surface area contributed by atoms with E-state index in [2.05, 4.69) is 18.0 Å². The number of nitrogens with zero attached hydrogens (tertiary/aromatic N) is 2. The highest BCUT2D eigenvalue weighted by atomic mass is 15.1. The average Bonchev–Trinajstić information content (AvgIpc) is 2.96. The molecule has 2 aliphatic rings. The summed E-state index contributed by atoms with van der Waals surface area (Å²) in [5.74, 6) is 0.413. The van der Waals surface area contributed by atoms with Crippen LogP contribution in [0.3, 0.4) is 0 Å². The van der Waals surface area contributed by atoms with Crippen molar-refractivity contribution in [2.24, 2.45) is 11.7 Å². The van der Waals surface area contributed by atoms with Gasteiger partial charge in [0.05, 0.1) is 6.07 Å². The van der Waals surface area contributed by atoms with Crippen molar-refractivity contribution in [1.29, 1.82) is 5.26 Å². The van der Waals surface area contributed by atoms with Gasteiger partial charge in [0.15, 0.2) is 0 Å². The average molecular weight is 235 g/mol. The molecule has 2 fully saturated rings. The van der Waals surface area contributed by atoms with Crippen LogP contribution in [0.1, 0.15) is 51.4 Å². The Balaban J connectivity index is 1.79.